The van der Waals surface area contributed by atoms with Gasteiger partial charge in [0.2, 0.25) is 0 Å². The van der Waals surface area contributed by atoms with Crippen molar-refractivity contribution >= 4 is 87.5 Å². The number of para-hydroxylation sites is 5. The molecule has 0 aliphatic carbocycles. The summed E-state index contributed by atoms with van der Waals surface area (Å²) in [4.78, 5) is 0. The third-order valence-electron chi connectivity index (χ3n) is 9.68. The van der Waals surface area contributed by atoms with Crippen molar-refractivity contribution in [2.24, 2.45) is 0 Å². The molecule has 0 amide bonds. The normalized spacial score (nSPS) is 12.3. The Labute approximate surface area is 261 Å². The minimum Gasteiger partial charge on any atom is -0.456 e. The molecule has 4 aromatic heterocycles. The molecule has 7 aromatic carbocycles. The van der Waals surface area contributed by atoms with Gasteiger partial charge in [-0.15, -0.1) is 0 Å². The van der Waals surface area contributed by atoms with Crippen LogP contribution in [0.3, 0.4) is 0 Å². The molecule has 0 saturated carbocycles. The molecule has 4 heteroatoms. The van der Waals surface area contributed by atoms with Crippen molar-refractivity contribution in [1.29, 1.82) is 0 Å². The molecule has 0 unspecified atom stereocenters. The Hall–Kier alpha value is -6.26. The van der Waals surface area contributed by atoms with Crippen LogP contribution < -0.4 is 0 Å². The molecule has 0 saturated heterocycles. The molecular formula is C42H24N2O2. The van der Waals surface area contributed by atoms with Crippen LogP contribution in [0.5, 0.6) is 0 Å². The number of furan rings is 2. The van der Waals surface area contributed by atoms with E-state index in [1.807, 2.05) is 12.1 Å². The van der Waals surface area contributed by atoms with Crippen LogP contribution in [0.1, 0.15) is 0 Å². The highest BCUT2D eigenvalue weighted by Gasteiger charge is 2.27. The van der Waals surface area contributed by atoms with Gasteiger partial charge in [0, 0.05) is 49.1 Å². The van der Waals surface area contributed by atoms with Crippen molar-refractivity contribution in [2.45, 2.75) is 0 Å². The summed E-state index contributed by atoms with van der Waals surface area (Å²) >= 11 is 0. The maximum Gasteiger partial charge on any atom is 0.162 e. The van der Waals surface area contributed by atoms with E-state index in [4.69, 9.17) is 8.83 Å². The fraction of sp³-hybridized carbons (Fsp3) is 0. The van der Waals surface area contributed by atoms with E-state index in [1.165, 1.54) is 21.5 Å². The SMILES string of the molecule is c1ccc(-n2c3ccccc3c3c4c5ccccc5n(-c5ccc6oc7ccccc7c6c5)c4c4c5ccccc5oc4c32)cc1. The highest BCUT2D eigenvalue weighted by Crippen LogP contribution is 2.49. The maximum atomic E-state index is 6.92. The summed E-state index contributed by atoms with van der Waals surface area (Å²) in [7, 11) is 0. The average molecular weight is 589 g/mol. The Morgan fingerprint density at radius 2 is 0.891 bits per heavy atom. The van der Waals surface area contributed by atoms with Crippen LogP contribution >= 0.6 is 0 Å². The average Bonchev–Trinajstić information content (AvgIpc) is 3.86. The van der Waals surface area contributed by atoms with E-state index in [9.17, 15) is 0 Å². The van der Waals surface area contributed by atoms with Crippen LogP contribution in [-0.4, -0.2) is 9.13 Å². The molecule has 0 fully saturated rings. The molecule has 0 atom stereocenters. The van der Waals surface area contributed by atoms with Gasteiger partial charge in [-0.3, -0.25) is 0 Å². The predicted octanol–water partition coefficient (Wildman–Crippen LogP) is 11.7. The summed E-state index contributed by atoms with van der Waals surface area (Å²) in [6.07, 6.45) is 0. The van der Waals surface area contributed by atoms with Gasteiger partial charge in [0.25, 0.3) is 0 Å². The van der Waals surface area contributed by atoms with Gasteiger partial charge in [-0.2, -0.15) is 0 Å². The fourth-order valence-corrected chi connectivity index (χ4v) is 7.85. The summed E-state index contributed by atoms with van der Waals surface area (Å²) in [5, 5.41) is 9.29. The number of nitrogens with zero attached hydrogens (tertiary/aromatic N) is 2. The quantitative estimate of drug-likeness (QED) is 0.201. The zero-order chi connectivity index (χ0) is 29.9. The second kappa shape index (κ2) is 8.68. The molecule has 0 aliphatic heterocycles. The second-order valence-electron chi connectivity index (χ2n) is 12.1. The van der Waals surface area contributed by atoms with Crippen LogP contribution in [0.25, 0.3) is 98.9 Å². The first-order valence-electron chi connectivity index (χ1n) is 15.6. The number of aromatic nitrogens is 2. The number of rotatable bonds is 2. The first-order chi connectivity index (χ1) is 22.8. The van der Waals surface area contributed by atoms with E-state index in [0.717, 1.165) is 77.3 Å². The van der Waals surface area contributed by atoms with Gasteiger partial charge in [0.15, 0.2) is 5.58 Å². The van der Waals surface area contributed by atoms with Crippen molar-refractivity contribution in [1.82, 2.24) is 9.13 Å². The van der Waals surface area contributed by atoms with Crippen molar-refractivity contribution in [3.05, 3.63) is 146 Å². The highest BCUT2D eigenvalue weighted by atomic mass is 16.3. The fourth-order valence-electron chi connectivity index (χ4n) is 7.85. The van der Waals surface area contributed by atoms with Gasteiger partial charge < -0.3 is 18.0 Å². The molecule has 0 radical (unpaired) electrons. The van der Waals surface area contributed by atoms with Crippen LogP contribution in [0, 0.1) is 0 Å². The number of benzene rings is 7. The summed E-state index contributed by atoms with van der Waals surface area (Å²) in [6.45, 7) is 0. The number of hydrogen-bond acceptors (Lipinski definition) is 2. The Balaban J connectivity index is 1.44. The molecule has 11 rings (SSSR count). The lowest BCUT2D eigenvalue weighted by Crippen LogP contribution is -1.96. The summed E-state index contributed by atoms with van der Waals surface area (Å²) in [5.74, 6) is 0. The topological polar surface area (TPSA) is 36.1 Å². The molecule has 11 aromatic rings. The van der Waals surface area contributed by atoms with Crippen molar-refractivity contribution in [2.75, 3.05) is 0 Å². The Morgan fingerprint density at radius 1 is 0.348 bits per heavy atom. The van der Waals surface area contributed by atoms with Crippen LogP contribution in [-0.2, 0) is 0 Å². The van der Waals surface area contributed by atoms with E-state index < -0.39 is 0 Å². The summed E-state index contributed by atoms with van der Waals surface area (Å²) in [6, 6.07) is 51.4. The van der Waals surface area contributed by atoms with E-state index in [0.29, 0.717) is 0 Å². The molecule has 4 nitrogen and oxygen atoms in total. The molecule has 0 spiro atoms. The molecule has 0 N–H and O–H groups in total. The Morgan fingerprint density at radius 3 is 1.63 bits per heavy atom. The first-order valence-corrected chi connectivity index (χ1v) is 15.6. The summed E-state index contributed by atoms with van der Waals surface area (Å²) in [5.41, 5.74) is 10.3. The second-order valence-corrected chi connectivity index (χ2v) is 12.1. The maximum absolute atomic E-state index is 6.92. The van der Waals surface area contributed by atoms with Gasteiger partial charge >= 0.3 is 0 Å². The third kappa shape index (κ3) is 2.98. The minimum absolute atomic E-state index is 0.879. The predicted molar refractivity (Wildman–Crippen MR) is 190 cm³/mol. The van der Waals surface area contributed by atoms with Gasteiger partial charge in [-0.05, 0) is 54.6 Å². The van der Waals surface area contributed by atoms with E-state index in [1.54, 1.807) is 0 Å². The van der Waals surface area contributed by atoms with E-state index >= 15 is 0 Å². The smallest absolute Gasteiger partial charge is 0.162 e. The zero-order valence-electron chi connectivity index (χ0n) is 24.6. The minimum atomic E-state index is 0.879. The van der Waals surface area contributed by atoms with Gasteiger partial charge in [-0.25, -0.2) is 0 Å². The third-order valence-corrected chi connectivity index (χ3v) is 9.68. The number of hydrogen-bond donors (Lipinski definition) is 0. The van der Waals surface area contributed by atoms with Gasteiger partial charge in [0.1, 0.15) is 16.7 Å². The molecule has 0 aliphatic rings. The lowest BCUT2D eigenvalue weighted by atomic mass is 10.0. The molecule has 0 bridgehead atoms. The molecular weight excluding hydrogens is 564 g/mol. The van der Waals surface area contributed by atoms with Gasteiger partial charge in [0.05, 0.1) is 27.5 Å². The molecule has 46 heavy (non-hydrogen) atoms. The summed E-state index contributed by atoms with van der Waals surface area (Å²) < 4.78 is 18.0. The van der Waals surface area contributed by atoms with Gasteiger partial charge in [-0.1, -0.05) is 91.0 Å². The van der Waals surface area contributed by atoms with Crippen molar-refractivity contribution in [3.8, 4) is 11.4 Å². The van der Waals surface area contributed by atoms with Crippen LogP contribution in [0.4, 0.5) is 0 Å². The van der Waals surface area contributed by atoms with Crippen molar-refractivity contribution < 1.29 is 8.83 Å². The van der Waals surface area contributed by atoms with E-state index in [-0.39, 0.29) is 0 Å². The lowest BCUT2D eigenvalue weighted by molar-refractivity contribution is 0.669. The largest absolute Gasteiger partial charge is 0.456 e. The standard InChI is InChI=1S/C42H24N2O2/c1-2-12-25(13-3-1)43-32-18-8-5-16-29(32)38-37-28-15-4-9-19-33(28)44(26-22-23-36-31(24-26)27-14-6-10-20-34(27)45-36)40(37)39-30-17-7-11-21-35(30)46-42(39)41(38)43/h1-24H. The van der Waals surface area contributed by atoms with E-state index in [2.05, 4.69) is 143 Å². The lowest BCUT2D eigenvalue weighted by Gasteiger charge is -2.11. The van der Waals surface area contributed by atoms with Crippen LogP contribution in [0.15, 0.2) is 154 Å². The van der Waals surface area contributed by atoms with Crippen LogP contribution in [0.2, 0.25) is 0 Å². The highest BCUT2D eigenvalue weighted by molar-refractivity contribution is 6.39. The first kappa shape index (κ1) is 24.1. The molecule has 4 heterocycles. The Bertz CT molecular complexity index is 3020. The Kier molecular flexibility index (Phi) is 4.55. The molecule has 214 valence electrons. The monoisotopic (exact) mass is 588 g/mol. The number of fused-ring (bicyclic) bond motifs is 15. The van der Waals surface area contributed by atoms with Crippen molar-refractivity contribution in [3.63, 3.8) is 0 Å². The zero-order valence-corrected chi connectivity index (χ0v) is 24.6.